The van der Waals surface area contributed by atoms with Gasteiger partial charge in [0.25, 0.3) is 0 Å². The fraction of sp³-hybridized carbons (Fsp3) is 0.769. The van der Waals surface area contributed by atoms with E-state index >= 15 is 0 Å². The first kappa shape index (κ1) is 13.0. The Hall–Kier alpha value is -0.450. The predicted molar refractivity (Wildman–Crippen MR) is 71.4 cm³/mol. The van der Waals surface area contributed by atoms with Crippen LogP contribution < -0.4 is 5.32 Å². The summed E-state index contributed by atoms with van der Waals surface area (Å²) in [6, 6.07) is 0.710. The fourth-order valence-corrected chi connectivity index (χ4v) is 3.00. The molecule has 0 aromatic carbocycles. The first-order valence-electron chi connectivity index (χ1n) is 6.54. The normalized spacial score (nSPS) is 25.1. The van der Waals surface area contributed by atoms with E-state index in [1.165, 1.54) is 25.7 Å². The van der Waals surface area contributed by atoms with Gasteiger partial charge >= 0.3 is 0 Å². The second kappa shape index (κ2) is 6.47. The van der Waals surface area contributed by atoms with Crippen LogP contribution >= 0.6 is 11.3 Å². The van der Waals surface area contributed by atoms with E-state index in [1.54, 1.807) is 11.3 Å². The lowest BCUT2D eigenvalue weighted by molar-refractivity contribution is 0.0101. The Morgan fingerprint density at radius 2 is 2.18 bits per heavy atom. The zero-order valence-electron chi connectivity index (χ0n) is 10.7. The predicted octanol–water partition coefficient (Wildman–Crippen LogP) is 2.89. The van der Waals surface area contributed by atoms with E-state index in [0.29, 0.717) is 18.8 Å². The second-order valence-corrected chi connectivity index (χ2v) is 5.76. The van der Waals surface area contributed by atoms with Crippen molar-refractivity contribution in [1.29, 1.82) is 0 Å². The molecule has 0 bridgehead atoms. The van der Waals surface area contributed by atoms with Gasteiger partial charge in [-0.1, -0.05) is 6.92 Å². The largest absolute Gasteiger partial charge is 0.372 e. The molecule has 4 heteroatoms. The molecule has 0 amide bonds. The molecule has 96 valence electrons. The molecule has 1 N–H and O–H groups in total. The lowest BCUT2D eigenvalue weighted by atomic mass is 9.93. The number of rotatable bonds is 5. The zero-order valence-corrected chi connectivity index (χ0v) is 11.6. The first-order chi connectivity index (χ1) is 8.28. The molecule has 1 aromatic heterocycles. The number of aromatic nitrogens is 1. The molecule has 2 rings (SSSR count). The minimum atomic E-state index is 0.437. The number of aryl methyl sites for hydroxylation is 1. The quantitative estimate of drug-likeness (QED) is 0.877. The molecule has 1 aromatic rings. The number of thiazole rings is 1. The Morgan fingerprint density at radius 1 is 1.41 bits per heavy atom. The lowest BCUT2D eigenvalue weighted by Crippen LogP contribution is -2.35. The Kier molecular flexibility index (Phi) is 4.95. The van der Waals surface area contributed by atoms with E-state index < -0.39 is 0 Å². The maximum absolute atomic E-state index is 5.93. The van der Waals surface area contributed by atoms with Gasteiger partial charge in [-0.05, 0) is 39.2 Å². The number of nitrogens with one attached hydrogen (secondary N) is 1. The highest BCUT2D eigenvalue weighted by Gasteiger charge is 2.20. The first-order valence-corrected chi connectivity index (χ1v) is 7.42. The van der Waals surface area contributed by atoms with Gasteiger partial charge in [-0.25, -0.2) is 4.98 Å². The van der Waals surface area contributed by atoms with Crippen LogP contribution in [0.25, 0.3) is 0 Å². The number of hydrogen-bond donors (Lipinski definition) is 1. The van der Waals surface area contributed by atoms with Crippen LogP contribution in [0.5, 0.6) is 0 Å². The molecule has 1 saturated carbocycles. The summed E-state index contributed by atoms with van der Waals surface area (Å²) < 4.78 is 5.93. The van der Waals surface area contributed by atoms with Gasteiger partial charge in [0.1, 0.15) is 0 Å². The van der Waals surface area contributed by atoms with Crippen LogP contribution in [0.3, 0.4) is 0 Å². The fourth-order valence-electron chi connectivity index (χ4n) is 2.40. The summed E-state index contributed by atoms with van der Waals surface area (Å²) in [7, 11) is 0. The van der Waals surface area contributed by atoms with Crippen molar-refractivity contribution in [2.75, 3.05) is 6.54 Å². The summed E-state index contributed by atoms with van der Waals surface area (Å²) >= 11 is 1.70. The number of ether oxygens (including phenoxy) is 1. The molecule has 0 unspecified atom stereocenters. The summed E-state index contributed by atoms with van der Waals surface area (Å²) in [5, 5.41) is 6.74. The van der Waals surface area contributed by atoms with Gasteiger partial charge < -0.3 is 10.1 Å². The number of nitrogens with zero attached hydrogens (tertiary/aromatic N) is 1. The highest BCUT2D eigenvalue weighted by atomic mass is 32.1. The van der Waals surface area contributed by atoms with E-state index in [9.17, 15) is 0 Å². The maximum Gasteiger partial charge on any atom is 0.0900 e. The summed E-state index contributed by atoms with van der Waals surface area (Å²) in [6.45, 7) is 5.97. The molecule has 1 heterocycles. The molecular weight excluding hydrogens is 232 g/mol. The van der Waals surface area contributed by atoms with E-state index in [0.717, 1.165) is 17.2 Å². The molecule has 0 saturated heterocycles. The third kappa shape index (κ3) is 4.05. The third-order valence-electron chi connectivity index (χ3n) is 3.30. The molecule has 0 atom stereocenters. The van der Waals surface area contributed by atoms with Crippen LogP contribution in [0.2, 0.25) is 0 Å². The number of hydrogen-bond acceptors (Lipinski definition) is 4. The molecule has 17 heavy (non-hydrogen) atoms. The van der Waals surface area contributed by atoms with Crippen molar-refractivity contribution in [3.05, 3.63) is 16.1 Å². The van der Waals surface area contributed by atoms with Gasteiger partial charge in [0.2, 0.25) is 0 Å². The van der Waals surface area contributed by atoms with Crippen molar-refractivity contribution in [1.82, 2.24) is 10.3 Å². The van der Waals surface area contributed by atoms with Gasteiger partial charge in [-0.3, -0.25) is 0 Å². The van der Waals surface area contributed by atoms with Crippen molar-refractivity contribution in [3.8, 4) is 0 Å². The van der Waals surface area contributed by atoms with Crippen LogP contribution in [-0.2, 0) is 11.3 Å². The van der Waals surface area contributed by atoms with Gasteiger partial charge in [0.05, 0.1) is 23.4 Å². The minimum Gasteiger partial charge on any atom is -0.372 e. The van der Waals surface area contributed by atoms with Crippen LogP contribution in [0.1, 0.15) is 43.3 Å². The Labute approximate surface area is 108 Å². The summed E-state index contributed by atoms with van der Waals surface area (Å²) in [4.78, 5) is 4.42. The molecule has 1 aliphatic rings. The summed E-state index contributed by atoms with van der Waals surface area (Å²) in [5.74, 6) is 0. The Balaban J connectivity index is 1.68. The topological polar surface area (TPSA) is 34.1 Å². The van der Waals surface area contributed by atoms with Crippen LogP contribution in [-0.4, -0.2) is 23.7 Å². The molecule has 3 nitrogen and oxygen atoms in total. The average molecular weight is 254 g/mol. The maximum atomic E-state index is 5.93. The van der Waals surface area contributed by atoms with Crippen molar-refractivity contribution in [2.24, 2.45) is 0 Å². The monoisotopic (exact) mass is 254 g/mol. The lowest BCUT2D eigenvalue weighted by Gasteiger charge is -2.28. The van der Waals surface area contributed by atoms with E-state index in [4.69, 9.17) is 4.74 Å². The molecular formula is C13H22N2OS. The molecule has 0 aliphatic heterocycles. The van der Waals surface area contributed by atoms with E-state index in [2.05, 4.69) is 22.6 Å². The standard InChI is InChI=1S/C13H22N2OS/c1-3-14-11-4-6-13(7-5-11)16-8-12-9-17-10(2)15-12/h9,11,13-14H,3-8H2,1-2H3. The highest BCUT2D eigenvalue weighted by molar-refractivity contribution is 7.09. The smallest absolute Gasteiger partial charge is 0.0900 e. The second-order valence-electron chi connectivity index (χ2n) is 4.70. The van der Waals surface area contributed by atoms with Crippen molar-refractivity contribution < 1.29 is 4.74 Å². The molecule has 1 fully saturated rings. The van der Waals surface area contributed by atoms with Crippen molar-refractivity contribution in [3.63, 3.8) is 0 Å². The van der Waals surface area contributed by atoms with Gasteiger partial charge in [0.15, 0.2) is 0 Å². The van der Waals surface area contributed by atoms with Crippen LogP contribution in [0, 0.1) is 6.92 Å². The molecule has 0 spiro atoms. The van der Waals surface area contributed by atoms with Crippen molar-refractivity contribution in [2.45, 2.75) is 58.3 Å². The zero-order chi connectivity index (χ0) is 12.1. The van der Waals surface area contributed by atoms with Crippen LogP contribution in [0.15, 0.2) is 5.38 Å². The highest BCUT2D eigenvalue weighted by Crippen LogP contribution is 2.22. The minimum absolute atomic E-state index is 0.437. The Bertz CT molecular complexity index is 332. The van der Waals surface area contributed by atoms with Gasteiger partial charge in [-0.2, -0.15) is 0 Å². The average Bonchev–Trinajstić information content (AvgIpc) is 2.75. The van der Waals surface area contributed by atoms with Crippen LogP contribution in [0.4, 0.5) is 0 Å². The summed E-state index contributed by atoms with van der Waals surface area (Å²) in [6.07, 6.45) is 5.29. The third-order valence-corrected chi connectivity index (χ3v) is 4.12. The Morgan fingerprint density at radius 3 is 2.76 bits per heavy atom. The molecule has 0 radical (unpaired) electrons. The van der Waals surface area contributed by atoms with E-state index in [1.807, 2.05) is 6.92 Å². The van der Waals surface area contributed by atoms with Crippen molar-refractivity contribution >= 4 is 11.3 Å². The van der Waals surface area contributed by atoms with Gasteiger partial charge in [-0.15, -0.1) is 11.3 Å². The SMILES string of the molecule is CCNC1CCC(OCc2csc(C)n2)CC1. The summed E-state index contributed by atoms with van der Waals surface area (Å²) in [5.41, 5.74) is 1.08. The van der Waals surface area contributed by atoms with E-state index in [-0.39, 0.29) is 0 Å². The molecule has 1 aliphatic carbocycles. The van der Waals surface area contributed by atoms with Gasteiger partial charge in [0, 0.05) is 11.4 Å².